The molecule has 3 aromatic rings. The van der Waals surface area contributed by atoms with Gasteiger partial charge in [0.2, 0.25) is 0 Å². The lowest BCUT2D eigenvalue weighted by atomic mass is 9.77. The monoisotopic (exact) mass is 286 g/mol. The van der Waals surface area contributed by atoms with Crippen molar-refractivity contribution in [2.24, 2.45) is 0 Å². The summed E-state index contributed by atoms with van der Waals surface area (Å²) in [6, 6.07) is 15.6. The Labute approximate surface area is 130 Å². The molecule has 2 aliphatic rings. The van der Waals surface area contributed by atoms with Crippen molar-refractivity contribution in [3.63, 3.8) is 0 Å². The first-order valence-electron chi connectivity index (χ1n) is 7.85. The van der Waals surface area contributed by atoms with Crippen LogP contribution >= 0.6 is 0 Å². The Hall–Kier alpha value is -2.19. The summed E-state index contributed by atoms with van der Waals surface area (Å²) in [5.74, 6) is 0. The zero-order valence-corrected chi connectivity index (χ0v) is 13.1. The maximum atomic E-state index is 4.74. The molecule has 1 aromatic heterocycles. The van der Waals surface area contributed by atoms with Gasteiger partial charge < -0.3 is 0 Å². The first-order chi connectivity index (χ1) is 10.6. The molecule has 0 amide bonds. The van der Waals surface area contributed by atoms with Crippen LogP contribution in [0, 0.1) is 6.92 Å². The van der Waals surface area contributed by atoms with Gasteiger partial charge in [-0.3, -0.25) is 9.88 Å². The molecule has 0 aliphatic carbocycles. The van der Waals surface area contributed by atoms with Crippen molar-refractivity contribution in [2.75, 3.05) is 7.05 Å². The van der Waals surface area contributed by atoms with Crippen LogP contribution in [0.5, 0.6) is 0 Å². The van der Waals surface area contributed by atoms with Crippen molar-refractivity contribution in [3.05, 3.63) is 76.5 Å². The minimum atomic E-state index is -0.0517. The molecule has 108 valence electrons. The number of hydrogen-bond donors (Lipinski definition) is 0. The topological polar surface area (TPSA) is 16.1 Å². The van der Waals surface area contributed by atoms with Gasteiger partial charge in [0.1, 0.15) is 0 Å². The maximum Gasteiger partial charge on any atom is 0.0708 e. The summed E-state index contributed by atoms with van der Waals surface area (Å²) in [4.78, 5) is 7.25. The van der Waals surface area contributed by atoms with Gasteiger partial charge in [0.15, 0.2) is 0 Å². The molecule has 0 radical (unpaired) electrons. The van der Waals surface area contributed by atoms with Gasteiger partial charge in [-0.25, -0.2) is 0 Å². The van der Waals surface area contributed by atoms with Gasteiger partial charge in [0.25, 0.3) is 0 Å². The summed E-state index contributed by atoms with van der Waals surface area (Å²) in [5, 5.41) is 1.34. The fraction of sp³-hybridized carbons (Fsp3) is 0.250. The molecule has 0 N–H and O–H groups in total. The molecular formula is C20H18N2. The third kappa shape index (κ3) is 1.16. The van der Waals surface area contributed by atoms with Crippen LogP contribution in [0.15, 0.2) is 48.7 Å². The van der Waals surface area contributed by atoms with Gasteiger partial charge in [0.05, 0.1) is 17.1 Å². The predicted molar refractivity (Wildman–Crippen MR) is 89.0 cm³/mol. The highest BCUT2D eigenvalue weighted by molar-refractivity contribution is 5.90. The Morgan fingerprint density at radius 2 is 1.86 bits per heavy atom. The number of rotatable bonds is 0. The fourth-order valence-electron chi connectivity index (χ4n) is 4.69. The quantitative estimate of drug-likeness (QED) is 0.617. The Morgan fingerprint density at radius 3 is 2.73 bits per heavy atom. The zero-order valence-electron chi connectivity index (χ0n) is 13.1. The average Bonchev–Trinajstić information content (AvgIpc) is 2.90. The van der Waals surface area contributed by atoms with E-state index in [0.29, 0.717) is 6.04 Å². The standard InChI is InChI=1S/C20H18N2/c1-12-7-6-10-16-17(12)18-14(11-21-16)19-13-8-4-5-9-15(13)20(18,2)22(19)3/h4-11,19H,1-3H3. The highest BCUT2D eigenvalue weighted by Crippen LogP contribution is 2.60. The Morgan fingerprint density at radius 1 is 1.05 bits per heavy atom. The number of pyridine rings is 1. The van der Waals surface area contributed by atoms with Gasteiger partial charge in [-0.15, -0.1) is 0 Å². The molecule has 2 heteroatoms. The molecule has 3 heterocycles. The van der Waals surface area contributed by atoms with E-state index in [1.807, 2.05) is 0 Å². The first kappa shape index (κ1) is 12.4. The van der Waals surface area contributed by atoms with Crippen LogP contribution in [-0.4, -0.2) is 16.9 Å². The number of aryl methyl sites for hydroxylation is 1. The van der Waals surface area contributed by atoms with Gasteiger partial charge >= 0.3 is 0 Å². The second kappa shape index (κ2) is 3.76. The van der Waals surface area contributed by atoms with Gasteiger partial charge in [0, 0.05) is 11.6 Å². The molecule has 0 spiro atoms. The summed E-state index contributed by atoms with van der Waals surface area (Å²) in [7, 11) is 2.24. The highest BCUT2D eigenvalue weighted by Gasteiger charge is 2.55. The molecule has 2 nitrogen and oxygen atoms in total. The first-order valence-corrected chi connectivity index (χ1v) is 7.85. The van der Waals surface area contributed by atoms with Crippen LogP contribution in [0.2, 0.25) is 0 Å². The van der Waals surface area contributed by atoms with E-state index in [1.54, 1.807) is 0 Å². The van der Waals surface area contributed by atoms with Gasteiger partial charge in [-0.1, -0.05) is 36.4 Å². The molecule has 2 atom stereocenters. The molecule has 2 bridgehead atoms. The maximum absolute atomic E-state index is 4.74. The van der Waals surface area contributed by atoms with Crippen LogP contribution in [0.1, 0.15) is 40.8 Å². The SMILES string of the molecule is Cc1cccc2ncc3c(c12)C1(C)c2ccccc2C3N1C. The second-order valence-electron chi connectivity index (χ2n) is 6.73. The van der Waals surface area contributed by atoms with E-state index >= 15 is 0 Å². The molecule has 0 fully saturated rings. The van der Waals surface area contributed by atoms with Crippen LogP contribution in [-0.2, 0) is 5.54 Å². The van der Waals surface area contributed by atoms with Crippen molar-refractivity contribution in [1.29, 1.82) is 0 Å². The summed E-state index contributed by atoms with van der Waals surface area (Å²) >= 11 is 0. The van der Waals surface area contributed by atoms with Crippen molar-refractivity contribution in [2.45, 2.75) is 25.4 Å². The summed E-state index contributed by atoms with van der Waals surface area (Å²) < 4.78 is 0. The predicted octanol–water partition coefficient (Wildman–Crippen LogP) is 4.15. The van der Waals surface area contributed by atoms with E-state index in [4.69, 9.17) is 4.98 Å². The molecular weight excluding hydrogens is 268 g/mol. The van der Waals surface area contributed by atoms with Crippen molar-refractivity contribution in [1.82, 2.24) is 9.88 Å². The van der Waals surface area contributed by atoms with Crippen molar-refractivity contribution in [3.8, 4) is 0 Å². The summed E-state index contributed by atoms with van der Waals surface area (Å²) in [6.07, 6.45) is 2.10. The van der Waals surface area contributed by atoms with Crippen molar-refractivity contribution < 1.29 is 0 Å². The van der Waals surface area contributed by atoms with E-state index in [2.05, 4.69) is 74.5 Å². The number of nitrogens with zero attached hydrogens (tertiary/aromatic N) is 2. The van der Waals surface area contributed by atoms with E-state index in [0.717, 1.165) is 5.52 Å². The molecule has 2 unspecified atom stereocenters. The normalized spacial score (nSPS) is 25.5. The largest absolute Gasteiger partial charge is 0.282 e. The molecule has 0 saturated heterocycles. The second-order valence-corrected chi connectivity index (χ2v) is 6.73. The molecule has 5 rings (SSSR count). The van der Waals surface area contributed by atoms with Gasteiger partial charge in [-0.2, -0.15) is 0 Å². The highest BCUT2D eigenvalue weighted by atomic mass is 15.3. The Bertz CT molecular complexity index is 944. The number of fused-ring (bicyclic) bond motifs is 10. The van der Waals surface area contributed by atoms with Crippen LogP contribution in [0.25, 0.3) is 10.9 Å². The minimum absolute atomic E-state index is 0.0517. The van der Waals surface area contributed by atoms with E-state index in [1.165, 1.54) is 33.2 Å². The lowest BCUT2D eigenvalue weighted by molar-refractivity contribution is 0.205. The zero-order chi connectivity index (χ0) is 15.1. The lowest BCUT2D eigenvalue weighted by Crippen LogP contribution is -2.33. The minimum Gasteiger partial charge on any atom is -0.282 e. The molecule has 22 heavy (non-hydrogen) atoms. The van der Waals surface area contributed by atoms with E-state index in [-0.39, 0.29) is 5.54 Å². The lowest BCUT2D eigenvalue weighted by Gasteiger charge is -2.31. The fourth-order valence-corrected chi connectivity index (χ4v) is 4.69. The molecule has 0 saturated carbocycles. The third-order valence-electron chi connectivity index (χ3n) is 5.79. The number of benzene rings is 2. The van der Waals surface area contributed by atoms with Crippen LogP contribution in [0.3, 0.4) is 0 Å². The Balaban J connectivity index is 1.97. The van der Waals surface area contributed by atoms with Gasteiger partial charge in [-0.05, 0) is 54.8 Å². The van der Waals surface area contributed by atoms with Crippen LogP contribution < -0.4 is 0 Å². The molecule has 2 aromatic carbocycles. The number of aromatic nitrogens is 1. The van der Waals surface area contributed by atoms with Crippen molar-refractivity contribution >= 4 is 10.9 Å². The number of hydrogen-bond acceptors (Lipinski definition) is 2. The smallest absolute Gasteiger partial charge is 0.0708 e. The van der Waals surface area contributed by atoms with E-state index < -0.39 is 0 Å². The molecule has 2 aliphatic heterocycles. The third-order valence-corrected chi connectivity index (χ3v) is 5.79. The van der Waals surface area contributed by atoms with Crippen LogP contribution in [0.4, 0.5) is 0 Å². The Kier molecular flexibility index (Phi) is 2.12. The summed E-state index contributed by atoms with van der Waals surface area (Å²) in [5.41, 5.74) is 8.11. The van der Waals surface area contributed by atoms with E-state index in [9.17, 15) is 0 Å². The summed E-state index contributed by atoms with van der Waals surface area (Å²) in [6.45, 7) is 4.56. The average molecular weight is 286 g/mol.